The summed E-state index contributed by atoms with van der Waals surface area (Å²) in [6, 6.07) is 9.98. The van der Waals surface area contributed by atoms with Gasteiger partial charge in [-0.3, -0.25) is 0 Å². The number of aromatic nitrogens is 2. The number of hydrogen-bond donors (Lipinski definition) is 2. The number of fused-ring (bicyclic) bond motifs is 2. The standard InChI is InChI=1S/C14H12N4OS2/c15-18-12-8-5-6-20-14(8)17-13(16-12)10-7-21-11-4-2-1-3-9(11)19-10/h1-6,10H,7,15H2,(H,16,17,18). The highest BCUT2D eigenvalue weighted by atomic mass is 32.2. The zero-order chi connectivity index (χ0) is 14.2. The SMILES string of the molecule is NNc1nc(C2CSc3ccccc3O2)nc2sccc12. The minimum absolute atomic E-state index is 0.163. The quantitative estimate of drug-likeness (QED) is 0.559. The number of anilines is 1. The van der Waals surface area contributed by atoms with Crippen LogP contribution in [-0.2, 0) is 0 Å². The zero-order valence-electron chi connectivity index (χ0n) is 10.9. The molecule has 0 fully saturated rings. The Labute approximate surface area is 129 Å². The topological polar surface area (TPSA) is 73.1 Å². The molecule has 4 rings (SSSR count). The summed E-state index contributed by atoms with van der Waals surface area (Å²) in [6.45, 7) is 0. The van der Waals surface area contributed by atoms with Crippen molar-refractivity contribution in [3.63, 3.8) is 0 Å². The predicted octanol–water partition coefficient (Wildman–Crippen LogP) is 3.20. The van der Waals surface area contributed by atoms with E-state index in [0.717, 1.165) is 26.6 Å². The molecule has 1 atom stereocenters. The third-order valence-corrected chi connectivity index (χ3v) is 5.20. The third kappa shape index (κ3) is 2.23. The molecule has 1 aliphatic heterocycles. The number of ether oxygens (including phenoxy) is 1. The summed E-state index contributed by atoms with van der Waals surface area (Å²) in [5, 5.41) is 2.92. The molecule has 3 heterocycles. The summed E-state index contributed by atoms with van der Waals surface area (Å²) in [6.07, 6.45) is -0.163. The van der Waals surface area contributed by atoms with Crippen molar-refractivity contribution in [3.8, 4) is 5.75 Å². The monoisotopic (exact) mass is 316 g/mol. The van der Waals surface area contributed by atoms with E-state index in [-0.39, 0.29) is 6.10 Å². The maximum absolute atomic E-state index is 6.03. The minimum atomic E-state index is -0.163. The first-order valence-corrected chi connectivity index (χ1v) is 8.32. The Bertz CT molecular complexity index is 805. The molecular weight excluding hydrogens is 304 g/mol. The van der Waals surface area contributed by atoms with Crippen molar-refractivity contribution < 1.29 is 4.74 Å². The van der Waals surface area contributed by atoms with Crippen molar-refractivity contribution in [1.29, 1.82) is 0 Å². The molecule has 7 heteroatoms. The lowest BCUT2D eigenvalue weighted by atomic mass is 10.3. The molecule has 2 aromatic heterocycles. The van der Waals surface area contributed by atoms with E-state index in [0.29, 0.717) is 11.6 Å². The van der Waals surface area contributed by atoms with E-state index >= 15 is 0 Å². The molecule has 0 saturated heterocycles. The molecule has 3 aromatic rings. The molecule has 5 nitrogen and oxygen atoms in total. The Morgan fingerprint density at radius 1 is 1.24 bits per heavy atom. The van der Waals surface area contributed by atoms with Gasteiger partial charge in [-0.25, -0.2) is 15.8 Å². The first-order valence-electron chi connectivity index (χ1n) is 6.45. The number of nitrogens with one attached hydrogen (secondary N) is 1. The second kappa shape index (κ2) is 5.18. The van der Waals surface area contributed by atoms with Crippen molar-refractivity contribution in [3.05, 3.63) is 41.5 Å². The van der Waals surface area contributed by atoms with Gasteiger partial charge in [-0.1, -0.05) is 12.1 Å². The van der Waals surface area contributed by atoms with Crippen LogP contribution in [0.5, 0.6) is 5.75 Å². The van der Waals surface area contributed by atoms with Crippen LogP contribution in [0.15, 0.2) is 40.6 Å². The summed E-state index contributed by atoms with van der Waals surface area (Å²) >= 11 is 3.33. The van der Waals surface area contributed by atoms with Crippen LogP contribution >= 0.6 is 23.1 Å². The predicted molar refractivity (Wildman–Crippen MR) is 85.8 cm³/mol. The van der Waals surface area contributed by atoms with E-state index in [1.165, 1.54) is 0 Å². The second-order valence-electron chi connectivity index (χ2n) is 4.58. The normalized spacial score (nSPS) is 17.3. The zero-order valence-corrected chi connectivity index (χ0v) is 12.6. The summed E-state index contributed by atoms with van der Waals surface area (Å²) < 4.78 is 6.03. The van der Waals surface area contributed by atoms with Gasteiger partial charge < -0.3 is 10.2 Å². The maximum atomic E-state index is 6.03. The number of benzene rings is 1. The van der Waals surface area contributed by atoms with E-state index in [2.05, 4.69) is 21.5 Å². The van der Waals surface area contributed by atoms with Gasteiger partial charge in [0.2, 0.25) is 0 Å². The molecule has 1 aliphatic rings. The van der Waals surface area contributed by atoms with Crippen LogP contribution < -0.4 is 16.0 Å². The molecule has 1 unspecified atom stereocenters. The van der Waals surface area contributed by atoms with Gasteiger partial charge in [-0.15, -0.1) is 23.1 Å². The lowest BCUT2D eigenvalue weighted by molar-refractivity contribution is 0.211. The summed E-state index contributed by atoms with van der Waals surface area (Å²) in [5.41, 5.74) is 2.65. The smallest absolute Gasteiger partial charge is 0.173 e. The fourth-order valence-corrected chi connectivity index (χ4v) is 4.02. The highest BCUT2D eigenvalue weighted by Crippen LogP contribution is 2.40. The highest BCUT2D eigenvalue weighted by molar-refractivity contribution is 7.99. The number of hydrazine groups is 1. The first-order chi connectivity index (χ1) is 10.3. The van der Waals surface area contributed by atoms with Gasteiger partial charge in [0.15, 0.2) is 17.7 Å². The number of nitrogen functional groups attached to an aromatic ring is 1. The van der Waals surface area contributed by atoms with Gasteiger partial charge >= 0.3 is 0 Å². The summed E-state index contributed by atoms with van der Waals surface area (Å²) in [5.74, 6) is 8.55. The molecule has 0 bridgehead atoms. The van der Waals surface area contributed by atoms with E-state index in [1.807, 2.05) is 29.6 Å². The van der Waals surface area contributed by atoms with Gasteiger partial charge in [0.1, 0.15) is 10.6 Å². The lowest BCUT2D eigenvalue weighted by Crippen LogP contribution is -2.19. The fourth-order valence-electron chi connectivity index (χ4n) is 2.27. The van der Waals surface area contributed by atoms with E-state index in [1.54, 1.807) is 23.1 Å². The fraction of sp³-hybridized carbons (Fsp3) is 0.143. The van der Waals surface area contributed by atoms with Crippen molar-refractivity contribution in [1.82, 2.24) is 9.97 Å². The Morgan fingerprint density at radius 3 is 3.05 bits per heavy atom. The number of rotatable bonds is 2. The van der Waals surface area contributed by atoms with Crippen molar-refractivity contribution in [2.75, 3.05) is 11.2 Å². The van der Waals surface area contributed by atoms with Crippen molar-refractivity contribution in [2.24, 2.45) is 5.84 Å². The second-order valence-corrected chi connectivity index (χ2v) is 6.53. The van der Waals surface area contributed by atoms with Gasteiger partial charge in [-0.2, -0.15) is 0 Å². The van der Waals surface area contributed by atoms with E-state index in [4.69, 9.17) is 10.6 Å². The van der Waals surface area contributed by atoms with Gasteiger partial charge in [0.25, 0.3) is 0 Å². The number of thioether (sulfide) groups is 1. The van der Waals surface area contributed by atoms with Crippen LogP contribution in [0, 0.1) is 0 Å². The molecule has 1 aromatic carbocycles. The van der Waals surface area contributed by atoms with Gasteiger partial charge in [-0.05, 0) is 23.6 Å². The van der Waals surface area contributed by atoms with Crippen molar-refractivity contribution in [2.45, 2.75) is 11.0 Å². The van der Waals surface area contributed by atoms with Crippen LogP contribution in [0.25, 0.3) is 10.2 Å². The van der Waals surface area contributed by atoms with Gasteiger partial charge in [0, 0.05) is 10.6 Å². The Morgan fingerprint density at radius 2 is 2.14 bits per heavy atom. The molecule has 0 saturated carbocycles. The van der Waals surface area contributed by atoms with Crippen LogP contribution in [0.2, 0.25) is 0 Å². The molecule has 0 spiro atoms. The van der Waals surface area contributed by atoms with Crippen LogP contribution in [-0.4, -0.2) is 15.7 Å². The molecule has 0 aliphatic carbocycles. The molecule has 106 valence electrons. The van der Waals surface area contributed by atoms with Crippen molar-refractivity contribution >= 4 is 39.1 Å². The average molecular weight is 316 g/mol. The highest BCUT2D eigenvalue weighted by Gasteiger charge is 2.25. The van der Waals surface area contributed by atoms with E-state index < -0.39 is 0 Å². The average Bonchev–Trinajstić information content (AvgIpc) is 3.02. The van der Waals surface area contributed by atoms with Crippen LogP contribution in [0.1, 0.15) is 11.9 Å². The number of thiophene rings is 1. The largest absolute Gasteiger partial charge is 0.480 e. The molecule has 0 radical (unpaired) electrons. The van der Waals surface area contributed by atoms with Crippen LogP contribution in [0.4, 0.5) is 5.82 Å². The molecular formula is C14H12N4OS2. The third-order valence-electron chi connectivity index (χ3n) is 3.28. The van der Waals surface area contributed by atoms with E-state index in [9.17, 15) is 0 Å². The minimum Gasteiger partial charge on any atom is -0.480 e. The first kappa shape index (κ1) is 12.9. The number of hydrogen-bond acceptors (Lipinski definition) is 7. The Kier molecular flexibility index (Phi) is 3.17. The molecule has 21 heavy (non-hydrogen) atoms. The maximum Gasteiger partial charge on any atom is 0.173 e. The number of nitrogens with zero attached hydrogens (tertiary/aromatic N) is 2. The van der Waals surface area contributed by atoms with Gasteiger partial charge in [0.05, 0.1) is 5.39 Å². The number of para-hydroxylation sites is 1. The lowest BCUT2D eigenvalue weighted by Gasteiger charge is -2.24. The summed E-state index contributed by atoms with van der Waals surface area (Å²) in [7, 11) is 0. The molecule has 3 N–H and O–H groups in total. The molecule has 0 amide bonds. The Hall–Kier alpha value is -1.83. The van der Waals surface area contributed by atoms with Crippen LogP contribution in [0.3, 0.4) is 0 Å². The Balaban J connectivity index is 1.74. The summed E-state index contributed by atoms with van der Waals surface area (Å²) in [4.78, 5) is 11.2. The number of nitrogens with two attached hydrogens (primary N) is 1.